The van der Waals surface area contributed by atoms with Gasteiger partial charge in [0.2, 0.25) is 35.7 Å². The van der Waals surface area contributed by atoms with Gasteiger partial charge in [0.1, 0.15) is 9.79 Å². The van der Waals surface area contributed by atoms with E-state index in [9.17, 15) is 47.9 Å². The fourth-order valence-electron chi connectivity index (χ4n) is 4.64. The van der Waals surface area contributed by atoms with Crippen molar-refractivity contribution in [3.8, 4) is 0 Å². The predicted octanol–water partition coefficient (Wildman–Crippen LogP) is 1.28. The molecule has 0 aliphatic carbocycles. The largest absolute Gasteiger partial charge is 0.396 e. The number of hydrogen-bond donors (Lipinski definition) is 11. The molecule has 25 nitrogen and oxygen atoms in total. The first kappa shape index (κ1) is 46.3. The lowest BCUT2D eigenvalue weighted by molar-refractivity contribution is 0.244. The van der Waals surface area contributed by atoms with Crippen LogP contribution in [-0.2, 0) is 40.5 Å². The van der Waals surface area contributed by atoms with Crippen molar-refractivity contribution in [1.82, 2.24) is 29.9 Å². The van der Waals surface area contributed by atoms with E-state index >= 15 is 0 Å². The van der Waals surface area contributed by atoms with E-state index in [1.54, 1.807) is 13.8 Å². The van der Waals surface area contributed by atoms with Gasteiger partial charge < -0.3 is 37.0 Å². The summed E-state index contributed by atoms with van der Waals surface area (Å²) in [5.74, 6) is -2.05. The van der Waals surface area contributed by atoms with Gasteiger partial charge in [-0.05, 0) is 48.2 Å². The molecular formula is C30H40N12O13S4. The molecule has 29 heteroatoms. The summed E-state index contributed by atoms with van der Waals surface area (Å²) in [5, 5.41) is 25.8. The number of rotatable bonds is 22. The van der Waals surface area contributed by atoms with Crippen LogP contribution < -0.4 is 31.9 Å². The third-order valence-electron chi connectivity index (χ3n) is 7.35. The van der Waals surface area contributed by atoms with Gasteiger partial charge in [0.15, 0.2) is 0 Å². The van der Waals surface area contributed by atoms with Gasteiger partial charge in [-0.3, -0.25) is 18.2 Å². The molecule has 0 aliphatic heterocycles. The number of hydrogen-bond acceptors (Lipinski definition) is 21. The number of aliphatic hydroxyl groups excluding tert-OH is 1. The predicted molar refractivity (Wildman–Crippen MR) is 216 cm³/mol. The lowest BCUT2D eigenvalue weighted by atomic mass is 10.1. The molecule has 322 valence electrons. The number of nitrogens with zero attached hydrogens (tertiary/aromatic N) is 6. The van der Waals surface area contributed by atoms with Crippen LogP contribution in [0.1, 0.15) is 25.0 Å². The van der Waals surface area contributed by atoms with Crippen LogP contribution >= 0.6 is 0 Å². The molecule has 0 bridgehead atoms. The molecule has 1 atom stereocenters. The molecule has 2 heterocycles. The van der Waals surface area contributed by atoms with Crippen LogP contribution in [0.25, 0.3) is 12.2 Å². The van der Waals surface area contributed by atoms with Crippen molar-refractivity contribution >= 4 is 99.7 Å². The molecule has 0 radical (unpaired) electrons. The van der Waals surface area contributed by atoms with Crippen molar-refractivity contribution in [2.45, 2.75) is 23.6 Å². The number of benzene rings is 2. The Hall–Kier alpha value is -5.40. The van der Waals surface area contributed by atoms with Gasteiger partial charge in [-0.15, -0.1) is 0 Å². The molecule has 0 amide bonds. The molecule has 1 unspecified atom stereocenters. The molecule has 0 saturated heterocycles. The molecule has 0 spiro atoms. The summed E-state index contributed by atoms with van der Waals surface area (Å²) in [6.45, 7) is 3.38. The molecule has 0 fully saturated rings. The van der Waals surface area contributed by atoms with Gasteiger partial charge in [0.25, 0.3) is 40.5 Å². The summed E-state index contributed by atoms with van der Waals surface area (Å²) in [6.07, 6.45) is 2.32. The Morgan fingerprint density at radius 1 is 0.576 bits per heavy atom. The van der Waals surface area contributed by atoms with Gasteiger partial charge in [0.05, 0.1) is 11.5 Å². The summed E-state index contributed by atoms with van der Waals surface area (Å²) < 4.78 is 133. The van der Waals surface area contributed by atoms with Crippen molar-refractivity contribution in [3.63, 3.8) is 0 Å². The molecular weight excluding hydrogens is 865 g/mol. The first-order valence-corrected chi connectivity index (χ1v) is 23.0. The first-order valence-electron chi connectivity index (χ1n) is 17.0. The highest BCUT2D eigenvalue weighted by atomic mass is 32.2. The van der Waals surface area contributed by atoms with Crippen molar-refractivity contribution in [2.24, 2.45) is 5.92 Å². The molecule has 2 aromatic carbocycles. The average molecular weight is 905 g/mol. The van der Waals surface area contributed by atoms with E-state index in [1.165, 1.54) is 24.3 Å². The number of anilines is 8. The average Bonchev–Trinajstić information content (AvgIpc) is 3.12. The van der Waals surface area contributed by atoms with Gasteiger partial charge in [-0.2, -0.15) is 63.6 Å². The zero-order valence-electron chi connectivity index (χ0n) is 31.0. The van der Waals surface area contributed by atoms with Crippen LogP contribution in [0.2, 0.25) is 0 Å². The number of aliphatic hydroxyl groups is 1. The lowest BCUT2D eigenvalue weighted by Crippen LogP contribution is -2.19. The second-order valence-corrected chi connectivity index (χ2v) is 18.2. The van der Waals surface area contributed by atoms with Crippen LogP contribution in [0.3, 0.4) is 0 Å². The van der Waals surface area contributed by atoms with Crippen LogP contribution in [0, 0.1) is 5.92 Å². The first-order chi connectivity index (χ1) is 27.5. The molecule has 4 aromatic rings. The highest BCUT2D eigenvalue weighted by Gasteiger charge is 2.19. The maximum absolute atomic E-state index is 12.5. The fraction of sp³-hybridized carbons (Fsp3) is 0.333. The van der Waals surface area contributed by atoms with Gasteiger partial charge >= 0.3 is 0 Å². The van der Waals surface area contributed by atoms with Crippen LogP contribution in [0.15, 0.2) is 46.2 Å². The summed E-state index contributed by atoms with van der Waals surface area (Å²) >= 11 is 0. The Bertz CT molecular complexity index is 2620. The summed E-state index contributed by atoms with van der Waals surface area (Å²) in [4.78, 5) is 23.5. The molecule has 11 N–H and O–H groups in total. The highest BCUT2D eigenvalue weighted by molar-refractivity contribution is 7.86. The summed E-state index contributed by atoms with van der Waals surface area (Å²) in [6, 6.07) is 7.30. The van der Waals surface area contributed by atoms with Gasteiger partial charge in [-0.1, -0.05) is 31.2 Å². The number of aromatic nitrogens is 6. The van der Waals surface area contributed by atoms with E-state index in [0.717, 1.165) is 24.3 Å². The minimum atomic E-state index is -4.94. The van der Waals surface area contributed by atoms with E-state index < -0.39 is 61.8 Å². The molecule has 0 saturated carbocycles. The minimum absolute atomic E-state index is 0.0235. The van der Waals surface area contributed by atoms with Crippen molar-refractivity contribution in [3.05, 3.63) is 47.5 Å². The van der Waals surface area contributed by atoms with Crippen LogP contribution in [0.5, 0.6) is 0 Å². The molecule has 59 heavy (non-hydrogen) atoms. The van der Waals surface area contributed by atoms with Crippen molar-refractivity contribution in [2.75, 3.05) is 76.2 Å². The fourth-order valence-corrected chi connectivity index (χ4v) is 6.78. The maximum Gasteiger partial charge on any atom is 0.295 e. The standard InChI is InChI=1S/C30H40N12O13S4/c1-3-31-25-37-26(32-10-12-56(44,45)46)40-29(39-25)35-21-8-6-19(23(14-21)58(50,51)52)4-5-20-7-9-22(15-24(20)59(53,54)55)36-30-41-27(33-11-13-57(47,48)49)38-28(42-30)34-16-18(2)17-43/h4-9,14-15,18,43H,3,10-13,16-17H2,1-2H3,(H,44,45,46)(H,47,48,49)(H,50,51,52)(H,53,54,55)(H3,31,32,35,37,39,40)(H3,33,34,36,38,41,42). The quantitative estimate of drug-likeness (QED) is 0.0391. The second-order valence-electron chi connectivity index (χ2n) is 12.3. The molecule has 4 rings (SSSR count). The minimum Gasteiger partial charge on any atom is -0.396 e. The Morgan fingerprint density at radius 3 is 1.31 bits per heavy atom. The SMILES string of the molecule is CCNc1nc(NCCS(=O)(=O)O)nc(Nc2ccc(C=Cc3ccc(Nc4nc(NCCS(=O)(=O)O)nc(NCC(C)CO)n4)cc3S(=O)(=O)O)c(S(=O)(=O)O)c2)n1. The summed E-state index contributed by atoms with van der Waals surface area (Å²) in [5.41, 5.74) is -0.160. The van der Waals surface area contributed by atoms with Crippen molar-refractivity contribution in [1.29, 1.82) is 0 Å². The van der Waals surface area contributed by atoms with E-state index in [2.05, 4.69) is 61.8 Å². The Labute approximate surface area is 338 Å². The zero-order valence-corrected chi connectivity index (χ0v) is 34.2. The highest BCUT2D eigenvalue weighted by Crippen LogP contribution is 2.28. The topological polar surface area (TPSA) is 387 Å². The third kappa shape index (κ3) is 15.4. The maximum atomic E-state index is 12.5. The summed E-state index contributed by atoms with van der Waals surface area (Å²) in [7, 11) is -18.5. The monoisotopic (exact) mass is 904 g/mol. The number of nitrogens with one attached hydrogen (secondary N) is 6. The zero-order chi connectivity index (χ0) is 43.6. The van der Waals surface area contributed by atoms with Gasteiger partial charge in [0, 0.05) is 44.2 Å². The van der Waals surface area contributed by atoms with E-state index in [4.69, 9.17) is 9.11 Å². The molecule has 2 aromatic heterocycles. The third-order valence-corrected chi connectivity index (χ3v) is 10.6. The van der Waals surface area contributed by atoms with E-state index in [1.807, 2.05) is 0 Å². The van der Waals surface area contributed by atoms with E-state index in [-0.39, 0.29) is 90.4 Å². The Kier molecular flexibility index (Phi) is 15.4. The Balaban J connectivity index is 1.63. The van der Waals surface area contributed by atoms with Crippen LogP contribution in [-0.4, -0.2) is 131 Å². The van der Waals surface area contributed by atoms with Crippen molar-refractivity contribution < 1.29 is 57.0 Å². The molecule has 0 aliphatic rings. The smallest absolute Gasteiger partial charge is 0.295 e. The normalized spacial score (nSPS) is 12.9. The lowest BCUT2D eigenvalue weighted by Gasteiger charge is -2.14. The Morgan fingerprint density at radius 2 is 0.949 bits per heavy atom. The van der Waals surface area contributed by atoms with Gasteiger partial charge in [-0.25, -0.2) is 0 Å². The van der Waals surface area contributed by atoms with Crippen LogP contribution in [0.4, 0.5) is 47.1 Å². The second kappa shape index (κ2) is 19.6. The van der Waals surface area contributed by atoms with E-state index in [0.29, 0.717) is 6.54 Å².